The third-order valence-corrected chi connectivity index (χ3v) is 3.73. The summed E-state index contributed by atoms with van der Waals surface area (Å²) in [7, 11) is 0. The predicted molar refractivity (Wildman–Crippen MR) is 92.4 cm³/mol. The van der Waals surface area contributed by atoms with Crippen LogP contribution in [0.4, 0.5) is 0 Å². The number of benzene rings is 2. The molecule has 0 aliphatic heterocycles. The number of para-hydroxylation sites is 1. The molecule has 0 N–H and O–H groups in total. The van der Waals surface area contributed by atoms with Gasteiger partial charge in [0.05, 0.1) is 29.4 Å². The quantitative estimate of drug-likeness (QED) is 0.650. The largest absolute Gasteiger partial charge is 0.460 e. The fourth-order valence-corrected chi connectivity index (χ4v) is 2.54. The van der Waals surface area contributed by atoms with Crippen LogP contribution >= 0.6 is 0 Å². The Kier molecular flexibility index (Phi) is 4.99. The lowest BCUT2D eigenvalue weighted by Crippen LogP contribution is -2.10. The van der Waals surface area contributed by atoms with Crippen LogP contribution in [0.25, 0.3) is 11.0 Å². The van der Waals surface area contributed by atoms with Crippen LogP contribution in [0.5, 0.6) is 0 Å². The summed E-state index contributed by atoms with van der Waals surface area (Å²) in [5.74, 6) is -1.19. The van der Waals surface area contributed by atoms with Crippen molar-refractivity contribution in [1.82, 2.24) is 0 Å². The molecular formula is C20H15NO5. The highest BCUT2D eigenvalue weighted by Gasteiger charge is 2.23. The first-order valence-electron chi connectivity index (χ1n) is 7.99. The highest BCUT2D eigenvalue weighted by molar-refractivity contribution is 5.96. The minimum absolute atomic E-state index is 0.0200. The summed E-state index contributed by atoms with van der Waals surface area (Å²) >= 11 is 0. The summed E-state index contributed by atoms with van der Waals surface area (Å²) in [4.78, 5) is 24.4. The van der Waals surface area contributed by atoms with Gasteiger partial charge < -0.3 is 13.9 Å². The van der Waals surface area contributed by atoms with E-state index in [4.69, 9.17) is 19.2 Å². The van der Waals surface area contributed by atoms with Crippen LogP contribution in [0.2, 0.25) is 0 Å². The summed E-state index contributed by atoms with van der Waals surface area (Å²) in [5.41, 5.74) is 1.58. The third-order valence-electron chi connectivity index (χ3n) is 3.73. The second kappa shape index (κ2) is 7.53. The lowest BCUT2D eigenvalue weighted by Gasteiger charge is -2.06. The molecule has 6 heteroatoms. The molecule has 0 saturated heterocycles. The van der Waals surface area contributed by atoms with Crippen molar-refractivity contribution in [1.29, 1.82) is 5.26 Å². The van der Waals surface area contributed by atoms with Crippen LogP contribution in [0, 0.1) is 11.3 Å². The van der Waals surface area contributed by atoms with Crippen LogP contribution in [0.1, 0.15) is 39.0 Å². The Labute approximate surface area is 149 Å². The maximum atomic E-state index is 12.3. The van der Waals surface area contributed by atoms with Gasteiger partial charge in [0.15, 0.2) is 0 Å². The highest BCUT2D eigenvalue weighted by atomic mass is 16.5. The van der Waals surface area contributed by atoms with E-state index in [1.54, 1.807) is 49.4 Å². The van der Waals surface area contributed by atoms with Crippen molar-refractivity contribution in [2.45, 2.75) is 13.5 Å². The van der Waals surface area contributed by atoms with Gasteiger partial charge in [-0.15, -0.1) is 0 Å². The van der Waals surface area contributed by atoms with Gasteiger partial charge in [0.25, 0.3) is 0 Å². The number of fused-ring (bicyclic) bond motifs is 1. The topological polar surface area (TPSA) is 89.5 Å². The molecule has 0 atom stereocenters. The molecule has 3 rings (SSSR count). The van der Waals surface area contributed by atoms with Crippen molar-refractivity contribution in [3.8, 4) is 6.07 Å². The number of ether oxygens (including phenoxy) is 2. The fraction of sp³-hybridized carbons (Fsp3) is 0.150. The number of hydrogen-bond acceptors (Lipinski definition) is 6. The molecule has 1 heterocycles. The summed E-state index contributed by atoms with van der Waals surface area (Å²) in [5, 5.41) is 9.60. The van der Waals surface area contributed by atoms with Crippen molar-refractivity contribution in [3.63, 3.8) is 0 Å². The van der Waals surface area contributed by atoms with Gasteiger partial charge in [-0.1, -0.05) is 24.3 Å². The normalized spacial score (nSPS) is 10.3. The number of furan rings is 1. The van der Waals surface area contributed by atoms with E-state index in [0.29, 0.717) is 22.1 Å². The Morgan fingerprint density at radius 1 is 1.08 bits per heavy atom. The lowest BCUT2D eigenvalue weighted by molar-refractivity contribution is 0.0435. The van der Waals surface area contributed by atoms with E-state index in [0.717, 1.165) is 0 Å². The van der Waals surface area contributed by atoms with Crippen LogP contribution < -0.4 is 0 Å². The van der Waals surface area contributed by atoms with Gasteiger partial charge >= 0.3 is 11.9 Å². The molecule has 2 aromatic carbocycles. The molecule has 0 aliphatic rings. The van der Waals surface area contributed by atoms with Gasteiger partial charge in [0.1, 0.15) is 12.2 Å². The number of hydrogen-bond donors (Lipinski definition) is 0. The summed E-state index contributed by atoms with van der Waals surface area (Å²) < 4.78 is 15.9. The van der Waals surface area contributed by atoms with Crippen molar-refractivity contribution in [2.24, 2.45) is 0 Å². The first-order chi connectivity index (χ1) is 12.6. The van der Waals surface area contributed by atoms with E-state index in [1.807, 2.05) is 6.07 Å². The Hall–Kier alpha value is -3.59. The Bertz CT molecular complexity index is 1010. The maximum absolute atomic E-state index is 12.3. The number of nitriles is 1. The summed E-state index contributed by atoms with van der Waals surface area (Å²) in [6.07, 6.45) is 0. The van der Waals surface area contributed by atoms with E-state index in [1.165, 1.54) is 6.07 Å². The zero-order valence-corrected chi connectivity index (χ0v) is 14.0. The van der Waals surface area contributed by atoms with Crippen molar-refractivity contribution in [3.05, 3.63) is 71.0 Å². The lowest BCUT2D eigenvalue weighted by atomic mass is 10.1. The van der Waals surface area contributed by atoms with Crippen molar-refractivity contribution < 1.29 is 23.5 Å². The van der Waals surface area contributed by atoms with Crippen LogP contribution in [-0.2, 0) is 16.1 Å². The zero-order valence-electron chi connectivity index (χ0n) is 14.0. The molecular weight excluding hydrogens is 334 g/mol. The molecule has 6 nitrogen and oxygen atoms in total. The van der Waals surface area contributed by atoms with Gasteiger partial charge in [0, 0.05) is 5.39 Å². The molecule has 130 valence electrons. The van der Waals surface area contributed by atoms with Gasteiger partial charge in [0.2, 0.25) is 5.76 Å². The number of esters is 2. The van der Waals surface area contributed by atoms with E-state index in [9.17, 15) is 9.59 Å². The van der Waals surface area contributed by atoms with E-state index in [-0.39, 0.29) is 24.5 Å². The minimum atomic E-state index is -0.610. The molecule has 0 saturated carbocycles. The molecule has 0 aliphatic carbocycles. The molecule has 1 aromatic heterocycles. The summed E-state index contributed by atoms with van der Waals surface area (Å²) in [6.45, 7) is 1.75. The second-order valence-corrected chi connectivity index (χ2v) is 5.40. The van der Waals surface area contributed by atoms with Crippen LogP contribution in [0.3, 0.4) is 0 Å². The summed E-state index contributed by atoms with van der Waals surface area (Å²) in [6, 6.07) is 15.3. The van der Waals surface area contributed by atoms with Gasteiger partial charge in [-0.3, -0.25) is 0 Å². The van der Waals surface area contributed by atoms with Crippen molar-refractivity contribution in [2.75, 3.05) is 6.61 Å². The molecule has 0 bridgehead atoms. The van der Waals surface area contributed by atoms with Gasteiger partial charge in [-0.2, -0.15) is 5.26 Å². The first kappa shape index (κ1) is 17.2. The average molecular weight is 349 g/mol. The van der Waals surface area contributed by atoms with E-state index >= 15 is 0 Å². The second-order valence-electron chi connectivity index (χ2n) is 5.40. The Morgan fingerprint density at radius 3 is 2.65 bits per heavy atom. The molecule has 0 spiro atoms. The van der Waals surface area contributed by atoms with Crippen LogP contribution in [-0.4, -0.2) is 18.5 Å². The van der Waals surface area contributed by atoms with Crippen molar-refractivity contribution >= 4 is 22.9 Å². The number of rotatable bonds is 5. The number of nitrogens with zero attached hydrogens (tertiary/aromatic N) is 1. The van der Waals surface area contributed by atoms with Gasteiger partial charge in [-0.05, 0) is 31.2 Å². The Morgan fingerprint density at radius 2 is 1.88 bits per heavy atom. The SMILES string of the molecule is CCOC(=O)c1oc2ccccc2c1COC(=O)c1cccc(C#N)c1. The van der Waals surface area contributed by atoms with E-state index in [2.05, 4.69) is 0 Å². The predicted octanol–water partition coefficient (Wildman–Crippen LogP) is 3.84. The third kappa shape index (κ3) is 3.42. The number of carbonyl (C=O) groups is 2. The zero-order chi connectivity index (χ0) is 18.5. The molecule has 0 amide bonds. The standard InChI is InChI=1S/C20H15NO5/c1-2-24-20(23)18-16(15-8-3-4-9-17(15)26-18)12-25-19(22)14-7-5-6-13(10-14)11-21/h3-10H,2,12H2,1H3. The Balaban J connectivity index is 1.88. The molecule has 0 fully saturated rings. The smallest absolute Gasteiger partial charge is 0.374 e. The molecule has 0 radical (unpaired) electrons. The van der Waals surface area contributed by atoms with Crippen LogP contribution in [0.15, 0.2) is 52.9 Å². The monoisotopic (exact) mass is 349 g/mol. The highest BCUT2D eigenvalue weighted by Crippen LogP contribution is 2.27. The van der Waals surface area contributed by atoms with Gasteiger partial charge in [-0.25, -0.2) is 9.59 Å². The number of carbonyl (C=O) groups excluding carboxylic acids is 2. The maximum Gasteiger partial charge on any atom is 0.374 e. The minimum Gasteiger partial charge on any atom is -0.460 e. The molecule has 0 unspecified atom stereocenters. The van der Waals surface area contributed by atoms with E-state index < -0.39 is 11.9 Å². The first-order valence-corrected chi connectivity index (χ1v) is 7.99. The average Bonchev–Trinajstić information content (AvgIpc) is 3.05. The fourth-order valence-electron chi connectivity index (χ4n) is 2.54. The molecule has 26 heavy (non-hydrogen) atoms. The molecule has 3 aromatic rings.